The van der Waals surface area contributed by atoms with E-state index < -0.39 is 5.92 Å². The molecule has 2 nitrogen and oxygen atoms in total. The molecule has 0 amide bonds. The number of Topliss-reactive ketones (excluding diaryl/α,β-unsaturated/α-hetero) is 1. The Balaban J connectivity index is 1.69. The van der Waals surface area contributed by atoms with Crippen LogP contribution in [0.25, 0.3) is 0 Å². The minimum absolute atomic E-state index is 0.126. The van der Waals surface area contributed by atoms with E-state index in [0.29, 0.717) is 0 Å². The smallest absolute Gasteiger partial charge is 0.158 e. The number of carbonyl (C=O) groups excluding carboxylic acids is 1. The number of nitriles is 1. The summed E-state index contributed by atoms with van der Waals surface area (Å²) in [5.74, 6) is 1.38. The largest absolute Gasteiger partial charge is 0.297 e. The van der Waals surface area contributed by atoms with Crippen LogP contribution in [0.3, 0.4) is 0 Å². The topological polar surface area (TPSA) is 40.9 Å². The highest BCUT2D eigenvalue weighted by molar-refractivity contribution is 7.10. The summed E-state index contributed by atoms with van der Waals surface area (Å²) in [6.07, 6.45) is 8.59. The fraction of sp³-hybridized carbons (Fsp3) is 0.647. The Kier molecular flexibility index (Phi) is 4.21. The average Bonchev–Trinajstić information content (AvgIpc) is 3.01. The molecular formula is C17H21NOS. The van der Waals surface area contributed by atoms with E-state index in [0.717, 1.165) is 29.6 Å². The molecule has 0 bridgehead atoms. The van der Waals surface area contributed by atoms with Crippen LogP contribution in [0, 0.1) is 29.1 Å². The molecule has 2 aliphatic carbocycles. The third-order valence-electron chi connectivity index (χ3n) is 5.18. The van der Waals surface area contributed by atoms with Crippen molar-refractivity contribution in [1.82, 2.24) is 0 Å². The Morgan fingerprint density at radius 1 is 1.25 bits per heavy atom. The summed E-state index contributed by atoms with van der Waals surface area (Å²) in [5.41, 5.74) is 0. The first kappa shape index (κ1) is 13.8. The van der Waals surface area contributed by atoms with Crippen molar-refractivity contribution in [2.24, 2.45) is 17.8 Å². The maximum Gasteiger partial charge on any atom is 0.158 e. The monoisotopic (exact) mass is 287 g/mol. The summed E-state index contributed by atoms with van der Waals surface area (Å²) in [4.78, 5) is 13.6. The summed E-state index contributed by atoms with van der Waals surface area (Å²) in [7, 11) is 0. The maximum atomic E-state index is 12.7. The zero-order chi connectivity index (χ0) is 13.9. The normalized spacial score (nSPS) is 31.1. The van der Waals surface area contributed by atoms with Gasteiger partial charge in [0.1, 0.15) is 5.92 Å². The Morgan fingerprint density at radius 2 is 2.05 bits per heavy atom. The standard InChI is InChI=1S/C17H21NOS/c18-11-15(16-6-3-9-20-16)17(19)14-8-7-12-4-1-2-5-13(12)10-14/h3,6,9,12-15H,1-2,4-5,7-8,10H2. The lowest BCUT2D eigenvalue weighted by Gasteiger charge is -2.39. The quantitative estimate of drug-likeness (QED) is 0.819. The van der Waals surface area contributed by atoms with E-state index in [-0.39, 0.29) is 11.7 Å². The second kappa shape index (κ2) is 6.10. The first-order chi connectivity index (χ1) is 9.79. The number of hydrogen-bond donors (Lipinski definition) is 0. The molecule has 1 aromatic heterocycles. The van der Waals surface area contributed by atoms with E-state index in [9.17, 15) is 10.1 Å². The number of nitrogens with zero attached hydrogens (tertiary/aromatic N) is 1. The summed E-state index contributed by atoms with van der Waals surface area (Å²) in [6, 6.07) is 6.08. The predicted molar refractivity (Wildman–Crippen MR) is 80.5 cm³/mol. The Morgan fingerprint density at radius 3 is 2.75 bits per heavy atom. The van der Waals surface area contributed by atoms with Gasteiger partial charge < -0.3 is 0 Å². The molecule has 20 heavy (non-hydrogen) atoms. The minimum atomic E-state index is -0.528. The highest BCUT2D eigenvalue weighted by Crippen LogP contribution is 2.44. The highest BCUT2D eigenvalue weighted by atomic mass is 32.1. The SMILES string of the molecule is N#CC(C(=O)C1CCC2CCCCC2C1)c1cccs1. The first-order valence-corrected chi connectivity index (χ1v) is 8.64. The Labute approximate surface area is 124 Å². The molecule has 0 saturated heterocycles. The minimum Gasteiger partial charge on any atom is -0.297 e. The molecule has 3 heteroatoms. The lowest BCUT2D eigenvalue weighted by Crippen LogP contribution is -2.33. The van der Waals surface area contributed by atoms with Crippen LogP contribution in [-0.2, 0) is 4.79 Å². The van der Waals surface area contributed by atoms with Crippen molar-refractivity contribution in [1.29, 1.82) is 5.26 Å². The molecular weight excluding hydrogens is 266 g/mol. The van der Waals surface area contributed by atoms with Crippen LogP contribution >= 0.6 is 11.3 Å². The van der Waals surface area contributed by atoms with Gasteiger partial charge in [-0.1, -0.05) is 31.7 Å². The molecule has 1 heterocycles. The van der Waals surface area contributed by atoms with Crippen LogP contribution in [0.5, 0.6) is 0 Å². The lowest BCUT2D eigenvalue weighted by atomic mass is 9.66. The van der Waals surface area contributed by atoms with Gasteiger partial charge in [-0.05, 0) is 42.5 Å². The summed E-state index contributed by atoms with van der Waals surface area (Å²) in [5, 5.41) is 11.3. The van der Waals surface area contributed by atoms with Crippen molar-refractivity contribution < 1.29 is 4.79 Å². The van der Waals surface area contributed by atoms with Crippen molar-refractivity contribution in [2.45, 2.75) is 50.9 Å². The number of fused-ring (bicyclic) bond motifs is 1. The van der Waals surface area contributed by atoms with E-state index in [4.69, 9.17) is 0 Å². The lowest BCUT2D eigenvalue weighted by molar-refractivity contribution is -0.125. The molecule has 3 rings (SSSR count). The second-order valence-corrected chi connectivity index (χ2v) is 7.27. The third kappa shape index (κ3) is 2.67. The number of thiophene rings is 1. The number of rotatable bonds is 3. The van der Waals surface area contributed by atoms with E-state index in [1.165, 1.54) is 43.4 Å². The van der Waals surface area contributed by atoms with Crippen molar-refractivity contribution in [3.8, 4) is 6.07 Å². The molecule has 1 aromatic rings. The molecule has 0 aliphatic heterocycles. The van der Waals surface area contributed by atoms with Gasteiger partial charge in [0.15, 0.2) is 5.78 Å². The van der Waals surface area contributed by atoms with Crippen LogP contribution < -0.4 is 0 Å². The molecule has 0 spiro atoms. The van der Waals surface area contributed by atoms with Gasteiger partial charge in [0.05, 0.1) is 6.07 Å². The van der Waals surface area contributed by atoms with Crippen molar-refractivity contribution in [3.05, 3.63) is 22.4 Å². The van der Waals surface area contributed by atoms with Gasteiger partial charge in [-0.2, -0.15) is 5.26 Å². The van der Waals surface area contributed by atoms with Crippen molar-refractivity contribution >= 4 is 17.1 Å². The van der Waals surface area contributed by atoms with Crippen molar-refractivity contribution in [3.63, 3.8) is 0 Å². The Hall–Kier alpha value is -1.14. The van der Waals surface area contributed by atoms with Gasteiger partial charge in [0, 0.05) is 10.8 Å². The van der Waals surface area contributed by atoms with Gasteiger partial charge in [-0.25, -0.2) is 0 Å². The molecule has 0 radical (unpaired) electrons. The van der Waals surface area contributed by atoms with Crippen molar-refractivity contribution in [2.75, 3.05) is 0 Å². The first-order valence-electron chi connectivity index (χ1n) is 7.76. The zero-order valence-electron chi connectivity index (χ0n) is 11.8. The molecule has 0 aromatic carbocycles. The van der Waals surface area contributed by atoms with Gasteiger partial charge in [-0.15, -0.1) is 11.3 Å². The third-order valence-corrected chi connectivity index (χ3v) is 6.12. The highest BCUT2D eigenvalue weighted by Gasteiger charge is 2.37. The summed E-state index contributed by atoms with van der Waals surface area (Å²) < 4.78 is 0. The van der Waals surface area contributed by atoms with E-state index in [1.807, 2.05) is 17.5 Å². The average molecular weight is 287 g/mol. The van der Waals surface area contributed by atoms with Crippen LogP contribution in [-0.4, -0.2) is 5.78 Å². The molecule has 4 atom stereocenters. The molecule has 2 fully saturated rings. The summed E-state index contributed by atoms with van der Waals surface area (Å²) in [6.45, 7) is 0. The molecule has 0 N–H and O–H groups in total. The number of hydrogen-bond acceptors (Lipinski definition) is 3. The van der Waals surface area contributed by atoms with Gasteiger partial charge in [0.2, 0.25) is 0 Å². The molecule has 106 valence electrons. The van der Waals surface area contributed by atoms with Gasteiger partial charge in [0.25, 0.3) is 0 Å². The van der Waals surface area contributed by atoms with E-state index in [1.54, 1.807) is 0 Å². The number of ketones is 1. The predicted octanol–water partition coefficient (Wildman–Crippen LogP) is 4.53. The van der Waals surface area contributed by atoms with Crippen LogP contribution in [0.1, 0.15) is 55.7 Å². The zero-order valence-corrected chi connectivity index (χ0v) is 12.6. The van der Waals surface area contributed by atoms with Crippen LogP contribution in [0.4, 0.5) is 0 Å². The van der Waals surface area contributed by atoms with Crippen LogP contribution in [0.15, 0.2) is 17.5 Å². The van der Waals surface area contributed by atoms with Crippen LogP contribution in [0.2, 0.25) is 0 Å². The second-order valence-electron chi connectivity index (χ2n) is 6.29. The maximum absolute atomic E-state index is 12.7. The Bertz CT molecular complexity index is 502. The molecule has 2 aliphatic rings. The number of carbonyl (C=O) groups is 1. The summed E-state index contributed by atoms with van der Waals surface area (Å²) >= 11 is 1.53. The van der Waals surface area contributed by atoms with Gasteiger partial charge in [-0.3, -0.25) is 4.79 Å². The fourth-order valence-electron chi connectivity index (χ4n) is 4.09. The van der Waals surface area contributed by atoms with Gasteiger partial charge >= 0.3 is 0 Å². The van der Waals surface area contributed by atoms with E-state index in [2.05, 4.69) is 6.07 Å². The molecule has 2 saturated carbocycles. The van der Waals surface area contributed by atoms with E-state index >= 15 is 0 Å². The fourth-order valence-corrected chi connectivity index (χ4v) is 4.87. The molecule has 4 unspecified atom stereocenters.